The number of nitriles is 2. The highest BCUT2D eigenvalue weighted by Crippen LogP contribution is 2.26. The predicted octanol–water partition coefficient (Wildman–Crippen LogP) is 1.62. The molecule has 0 spiro atoms. The molecular formula is C24H23N5O4S. The quantitative estimate of drug-likeness (QED) is 0.672. The van der Waals surface area contributed by atoms with Crippen molar-refractivity contribution in [2.75, 3.05) is 19.6 Å². The molecule has 0 bridgehead atoms. The maximum atomic E-state index is 13.2. The molecule has 0 aromatic heterocycles. The second kappa shape index (κ2) is 9.64. The zero-order valence-electron chi connectivity index (χ0n) is 18.3. The molecule has 4 rings (SSSR count). The maximum Gasteiger partial charge on any atom is 0.254 e. The van der Waals surface area contributed by atoms with Gasteiger partial charge in [-0.2, -0.15) is 14.8 Å². The fraction of sp³-hybridized carbons (Fsp3) is 0.333. The summed E-state index contributed by atoms with van der Waals surface area (Å²) in [7, 11) is -3.79. The average molecular weight is 478 g/mol. The van der Waals surface area contributed by atoms with Crippen LogP contribution in [0.25, 0.3) is 0 Å². The third-order valence-corrected chi connectivity index (χ3v) is 7.94. The van der Waals surface area contributed by atoms with Crippen molar-refractivity contribution in [2.45, 2.75) is 30.3 Å². The Labute approximate surface area is 198 Å². The van der Waals surface area contributed by atoms with Crippen molar-refractivity contribution in [2.24, 2.45) is 5.92 Å². The van der Waals surface area contributed by atoms with Gasteiger partial charge in [0.15, 0.2) is 0 Å². The summed E-state index contributed by atoms with van der Waals surface area (Å²) in [6, 6.07) is 16.1. The first-order valence-electron chi connectivity index (χ1n) is 10.9. The Bertz CT molecular complexity index is 1290. The first kappa shape index (κ1) is 23.4. The van der Waals surface area contributed by atoms with E-state index in [-0.39, 0.29) is 41.9 Å². The monoisotopic (exact) mass is 477 g/mol. The number of benzene rings is 2. The fourth-order valence-corrected chi connectivity index (χ4v) is 5.68. The summed E-state index contributed by atoms with van der Waals surface area (Å²) in [5, 5.41) is 20.6. The van der Waals surface area contributed by atoms with Crippen molar-refractivity contribution in [1.29, 1.82) is 10.5 Å². The van der Waals surface area contributed by atoms with Crippen LogP contribution in [0.5, 0.6) is 0 Å². The molecule has 2 saturated heterocycles. The van der Waals surface area contributed by atoms with E-state index in [1.165, 1.54) is 27.4 Å². The summed E-state index contributed by atoms with van der Waals surface area (Å²) < 4.78 is 26.9. The standard InChI is InChI=1S/C24H23N5O4S/c25-12-17-6-8-18(9-7-17)14-27-23(30)22-5-2-10-29(22)24(31)20-3-1-4-21(11-20)34(32,33)28-15-19(13-26)16-28/h1,3-4,6-9,11,19,22H,2,5,10,14-16H2,(H,27,30)/t22-/m1/s1. The minimum absolute atomic E-state index is 0.00393. The van der Waals surface area contributed by atoms with E-state index in [4.69, 9.17) is 10.5 Å². The van der Waals surface area contributed by atoms with E-state index in [1.807, 2.05) is 12.1 Å². The summed E-state index contributed by atoms with van der Waals surface area (Å²) in [6.07, 6.45) is 1.19. The molecule has 0 radical (unpaired) electrons. The predicted molar refractivity (Wildman–Crippen MR) is 121 cm³/mol. The van der Waals surface area contributed by atoms with E-state index in [0.29, 0.717) is 24.9 Å². The molecule has 1 atom stereocenters. The van der Waals surface area contributed by atoms with Crippen molar-refractivity contribution >= 4 is 21.8 Å². The summed E-state index contributed by atoms with van der Waals surface area (Å²) in [6.45, 7) is 0.965. The molecule has 34 heavy (non-hydrogen) atoms. The van der Waals surface area contributed by atoms with E-state index in [2.05, 4.69) is 5.32 Å². The van der Waals surface area contributed by atoms with Crippen LogP contribution in [0.4, 0.5) is 0 Å². The number of carbonyl (C=O) groups excluding carboxylic acids is 2. The summed E-state index contributed by atoms with van der Waals surface area (Å²) >= 11 is 0. The Hall–Kier alpha value is -3.73. The Morgan fingerprint density at radius 2 is 1.82 bits per heavy atom. The summed E-state index contributed by atoms with van der Waals surface area (Å²) in [5.74, 6) is -0.985. The van der Waals surface area contributed by atoms with Gasteiger partial charge in [0.05, 0.1) is 28.5 Å². The highest BCUT2D eigenvalue weighted by molar-refractivity contribution is 7.89. The van der Waals surface area contributed by atoms with Gasteiger partial charge in [-0.15, -0.1) is 0 Å². The lowest BCUT2D eigenvalue weighted by atomic mass is 10.1. The van der Waals surface area contributed by atoms with Crippen LogP contribution in [0.2, 0.25) is 0 Å². The Kier molecular flexibility index (Phi) is 6.64. The first-order valence-corrected chi connectivity index (χ1v) is 12.3. The van der Waals surface area contributed by atoms with Crippen LogP contribution < -0.4 is 5.32 Å². The Balaban J connectivity index is 1.44. The zero-order valence-corrected chi connectivity index (χ0v) is 19.2. The number of nitrogens with zero attached hydrogens (tertiary/aromatic N) is 4. The second-order valence-corrected chi connectivity index (χ2v) is 10.3. The van der Waals surface area contributed by atoms with Crippen LogP contribution in [0, 0.1) is 28.6 Å². The number of carbonyl (C=O) groups is 2. The topological polar surface area (TPSA) is 134 Å². The lowest BCUT2D eigenvalue weighted by molar-refractivity contribution is -0.125. The summed E-state index contributed by atoms with van der Waals surface area (Å²) in [5.41, 5.74) is 1.57. The van der Waals surface area contributed by atoms with Crippen LogP contribution in [0.3, 0.4) is 0 Å². The van der Waals surface area contributed by atoms with Crippen LogP contribution in [-0.4, -0.2) is 55.1 Å². The lowest BCUT2D eigenvalue weighted by Crippen LogP contribution is -2.49. The van der Waals surface area contributed by atoms with Gasteiger partial charge < -0.3 is 10.2 Å². The molecule has 2 aromatic carbocycles. The molecule has 174 valence electrons. The van der Waals surface area contributed by atoms with Gasteiger partial charge in [0.25, 0.3) is 5.91 Å². The lowest BCUT2D eigenvalue weighted by Gasteiger charge is -2.34. The number of amides is 2. The van der Waals surface area contributed by atoms with Gasteiger partial charge in [-0.1, -0.05) is 18.2 Å². The van der Waals surface area contributed by atoms with E-state index in [0.717, 1.165) is 5.56 Å². The molecule has 2 aromatic rings. The molecule has 2 aliphatic heterocycles. The number of rotatable bonds is 6. The van der Waals surface area contributed by atoms with Crippen LogP contribution in [-0.2, 0) is 21.4 Å². The number of sulfonamides is 1. The number of hydrogen-bond donors (Lipinski definition) is 1. The van der Waals surface area contributed by atoms with Crippen molar-refractivity contribution in [3.8, 4) is 12.1 Å². The molecule has 2 fully saturated rings. The number of hydrogen-bond acceptors (Lipinski definition) is 6. The van der Waals surface area contributed by atoms with Gasteiger partial charge in [-0.05, 0) is 48.7 Å². The molecule has 2 aliphatic rings. The third kappa shape index (κ3) is 4.65. The van der Waals surface area contributed by atoms with Gasteiger partial charge in [0.2, 0.25) is 15.9 Å². The Morgan fingerprint density at radius 1 is 1.09 bits per heavy atom. The molecule has 0 aliphatic carbocycles. The fourth-order valence-electron chi connectivity index (χ4n) is 4.11. The maximum absolute atomic E-state index is 13.2. The van der Waals surface area contributed by atoms with Gasteiger partial charge in [0, 0.05) is 31.7 Å². The van der Waals surface area contributed by atoms with Crippen molar-refractivity contribution in [3.05, 3.63) is 65.2 Å². The Morgan fingerprint density at radius 3 is 2.50 bits per heavy atom. The minimum atomic E-state index is -3.79. The third-order valence-electron chi connectivity index (χ3n) is 6.12. The van der Waals surface area contributed by atoms with Gasteiger partial charge in [-0.3, -0.25) is 9.59 Å². The first-order chi connectivity index (χ1) is 16.3. The normalized spacial score (nSPS) is 18.5. The van der Waals surface area contributed by atoms with Gasteiger partial charge in [-0.25, -0.2) is 8.42 Å². The van der Waals surface area contributed by atoms with E-state index in [9.17, 15) is 18.0 Å². The SMILES string of the molecule is N#Cc1ccc(CNC(=O)[C@H]2CCCN2C(=O)c2cccc(S(=O)(=O)N3CC(C#N)C3)c2)cc1. The molecule has 10 heteroatoms. The van der Waals surface area contributed by atoms with Crippen molar-refractivity contribution < 1.29 is 18.0 Å². The van der Waals surface area contributed by atoms with E-state index < -0.39 is 22.0 Å². The average Bonchev–Trinajstić information content (AvgIpc) is 3.32. The number of likely N-dealkylation sites (tertiary alicyclic amines) is 1. The van der Waals surface area contributed by atoms with Crippen LogP contribution >= 0.6 is 0 Å². The van der Waals surface area contributed by atoms with Crippen LogP contribution in [0.15, 0.2) is 53.4 Å². The number of nitrogens with one attached hydrogen (secondary N) is 1. The van der Waals surface area contributed by atoms with Gasteiger partial charge in [0.1, 0.15) is 6.04 Å². The molecule has 0 unspecified atom stereocenters. The molecular weight excluding hydrogens is 454 g/mol. The zero-order chi connectivity index (χ0) is 24.3. The van der Waals surface area contributed by atoms with Crippen molar-refractivity contribution in [3.63, 3.8) is 0 Å². The molecule has 2 amide bonds. The van der Waals surface area contributed by atoms with Crippen molar-refractivity contribution in [1.82, 2.24) is 14.5 Å². The molecule has 0 saturated carbocycles. The minimum Gasteiger partial charge on any atom is -0.350 e. The molecule has 1 N–H and O–H groups in total. The smallest absolute Gasteiger partial charge is 0.254 e. The van der Waals surface area contributed by atoms with E-state index >= 15 is 0 Å². The largest absolute Gasteiger partial charge is 0.350 e. The van der Waals surface area contributed by atoms with E-state index in [1.54, 1.807) is 30.3 Å². The second-order valence-electron chi connectivity index (χ2n) is 8.36. The van der Waals surface area contributed by atoms with Gasteiger partial charge >= 0.3 is 0 Å². The highest BCUT2D eigenvalue weighted by atomic mass is 32.2. The highest BCUT2D eigenvalue weighted by Gasteiger charge is 2.38. The molecule has 9 nitrogen and oxygen atoms in total. The summed E-state index contributed by atoms with van der Waals surface area (Å²) in [4.78, 5) is 27.5. The molecule has 2 heterocycles. The van der Waals surface area contributed by atoms with Crippen LogP contribution in [0.1, 0.15) is 34.3 Å².